The summed E-state index contributed by atoms with van der Waals surface area (Å²) in [4.78, 5) is 4.38. The molecule has 22 heavy (non-hydrogen) atoms. The molecule has 3 rings (SSSR count). The third-order valence-corrected chi connectivity index (χ3v) is 4.93. The number of fused-ring (bicyclic) bond motifs is 1. The Morgan fingerprint density at radius 3 is 2.41 bits per heavy atom. The minimum absolute atomic E-state index is 0.141. The maximum Gasteiger partial charge on any atom is 0.266 e. The molecule has 0 spiro atoms. The van der Waals surface area contributed by atoms with E-state index < -0.39 is 10.0 Å². The number of nitrogens with zero attached hydrogens (tertiary/aromatic N) is 1. The van der Waals surface area contributed by atoms with E-state index in [1.165, 1.54) is 12.1 Å². The number of benzene rings is 2. The Morgan fingerprint density at radius 1 is 1.00 bits per heavy atom. The summed E-state index contributed by atoms with van der Waals surface area (Å²) >= 11 is 11.7. The molecular weight excluding hydrogens is 345 g/mol. The lowest BCUT2D eigenvalue weighted by atomic mass is 10.2. The van der Waals surface area contributed by atoms with Crippen molar-refractivity contribution in [1.82, 2.24) is 4.72 Å². The molecule has 0 saturated carbocycles. The molecule has 5 nitrogen and oxygen atoms in total. The monoisotopic (exact) mass is 355 g/mol. The van der Waals surface area contributed by atoms with Crippen LogP contribution >= 0.6 is 23.2 Å². The molecule has 1 heterocycles. The largest absolute Gasteiger partial charge is 0.324 e. The summed E-state index contributed by atoms with van der Waals surface area (Å²) in [6.45, 7) is 0.317. The Labute approximate surface area is 138 Å². The first-order chi connectivity index (χ1) is 10.4. The first-order valence-electron chi connectivity index (χ1n) is 6.32. The summed E-state index contributed by atoms with van der Waals surface area (Å²) in [5, 5.41) is 4.00. The molecule has 1 aliphatic heterocycles. The minimum atomic E-state index is -3.64. The van der Waals surface area contributed by atoms with E-state index in [-0.39, 0.29) is 10.9 Å². The van der Waals surface area contributed by atoms with Gasteiger partial charge in [-0.25, -0.2) is 18.1 Å². The van der Waals surface area contributed by atoms with Gasteiger partial charge in [0, 0.05) is 10.0 Å². The molecule has 114 valence electrons. The second kappa shape index (κ2) is 5.79. The predicted molar refractivity (Wildman–Crippen MR) is 88.0 cm³/mol. The van der Waals surface area contributed by atoms with Gasteiger partial charge < -0.3 is 5.32 Å². The molecule has 0 fully saturated rings. The number of guanidine groups is 1. The normalized spacial score (nSPS) is 17.5. The zero-order valence-electron chi connectivity index (χ0n) is 11.2. The molecule has 1 aliphatic rings. The van der Waals surface area contributed by atoms with Crippen LogP contribution in [0.5, 0.6) is 0 Å². The summed E-state index contributed by atoms with van der Waals surface area (Å²) in [5.74, 6) is 0.157. The minimum Gasteiger partial charge on any atom is -0.324 e. The molecule has 2 aromatic carbocycles. The van der Waals surface area contributed by atoms with Crippen molar-refractivity contribution in [2.24, 2.45) is 4.99 Å². The van der Waals surface area contributed by atoms with E-state index in [1.54, 1.807) is 18.2 Å². The van der Waals surface area contributed by atoms with Crippen molar-refractivity contribution in [3.05, 3.63) is 58.1 Å². The van der Waals surface area contributed by atoms with Gasteiger partial charge in [0.15, 0.2) is 0 Å². The second-order valence-electron chi connectivity index (χ2n) is 4.66. The molecule has 0 atom stereocenters. The van der Waals surface area contributed by atoms with E-state index in [1.807, 2.05) is 12.1 Å². The van der Waals surface area contributed by atoms with Crippen LogP contribution in [0.1, 0.15) is 5.56 Å². The third kappa shape index (κ3) is 3.19. The van der Waals surface area contributed by atoms with Gasteiger partial charge in [-0.1, -0.05) is 35.3 Å². The van der Waals surface area contributed by atoms with Gasteiger partial charge >= 0.3 is 0 Å². The van der Waals surface area contributed by atoms with Crippen LogP contribution in [0.4, 0.5) is 5.69 Å². The number of hydrogen-bond donors (Lipinski definition) is 2. The van der Waals surface area contributed by atoms with E-state index in [2.05, 4.69) is 15.0 Å². The highest BCUT2D eigenvalue weighted by molar-refractivity contribution is 7.90. The van der Waals surface area contributed by atoms with E-state index in [0.717, 1.165) is 5.56 Å². The SMILES string of the molecule is O=S1(=O)NC(=NCc2ccc(Cl)cc2)Nc2cc(Cl)ccc21. The van der Waals surface area contributed by atoms with Gasteiger partial charge in [-0.2, -0.15) is 0 Å². The molecular formula is C14H11Cl2N3O2S. The van der Waals surface area contributed by atoms with E-state index in [0.29, 0.717) is 22.3 Å². The fourth-order valence-corrected chi connectivity index (χ4v) is 3.43. The third-order valence-electron chi connectivity index (χ3n) is 3.05. The van der Waals surface area contributed by atoms with Crippen molar-refractivity contribution in [2.75, 3.05) is 5.32 Å². The topological polar surface area (TPSA) is 70.6 Å². The fraction of sp³-hybridized carbons (Fsp3) is 0.0714. The summed E-state index contributed by atoms with van der Waals surface area (Å²) in [6.07, 6.45) is 0. The van der Waals surface area contributed by atoms with Crippen LogP contribution in [-0.4, -0.2) is 14.4 Å². The summed E-state index contributed by atoms with van der Waals surface area (Å²) in [5.41, 5.74) is 1.32. The molecule has 2 N–H and O–H groups in total. The van der Waals surface area contributed by atoms with Gasteiger partial charge in [-0.05, 0) is 35.9 Å². The highest BCUT2D eigenvalue weighted by Gasteiger charge is 2.26. The van der Waals surface area contributed by atoms with Gasteiger partial charge in [0.1, 0.15) is 4.90 Å². The van der Waals surface area contributed by atoms with Crippen molar-refractivity contribution in [3.8, 4) is 0 Å². The van der Waals surface area contributed by atoms with Crippen LogP contribution in [0.15, 0.2) is 52.4 Å². The number of hydrogen-bond acceptors (Lipinski definition) is 3. The van der Waals surface area contributed by atoms with E-state index >= 15 is 0 Å². The Bertz CT molecular complexity index is 849. The van der Waals surface area contributed by atoms with Crippen LogP contribution in [0.25, 0.3) is 0 Å². The highest BCUT2D eigenvalue weighted by Crippen LogP contribution is 2.27. The maximum atomic E-state index is 12.2. The van der Waals surface area contributed by atoms with Gasteiger partial charge in [-0.15, -0.1) is 0 Å². The van der Waals surface area contributed by atoms with Crippen molar-refractivity contribution >= 4 is 44.9 Å². The summed E-state index contributed by atoms with van der Waals surface area (Å²) in [6, 6.07) is 11.7. The molecule has 0 bridgehead atoms. The fourth-order valence-electron chi connectivity index (χ4n) is 2.00. The average Bonchev–Trinajstić information content (AvgIpc) is 2.45. The van der Waals surface area contributed by atoms with Crippen LogP contribution in [0.3, 0.4) is 0 Å². The lowest BCUT2D eigenvalue weighted by Gasteiger charge is -2.21. The van der Waals surface area contributed by atoms with Gasteiger partial charge in [0.05, 0.1) is 12.2 Å². The molecule has 0 radical (unpaired) electrons. The molecule has 0 aromatic heterocycles. The van der Waals surface area contributed by atoms with Crippen LogP contribution in [0.2, 0.25) is 10.0 Å². The first-order valence-corrected chi connectivity index (χ1v) is 8.56. The van der Waals surface area contributed by atoms with Gasteiger partial charge in [0.25, 0.3) is 10.0 Å². The van der Waals surface area contributed by atoms with Crippen LogP contribution in [0, 0.1) is 0 Å². The standard InChI is InChI=1S/C14H11Cl2N3O2S/c15-10-3-1-9(2-4-10)8-17-14-18-12-7-11(16)5-6-13(12)22(20,21)19-14/h1-7H,8H2,(H2,17,18,19). The maximum absolute atomic E-state index is 12.2. The van der Waals surface area contributed by atoms with Crippen molar-refractivity contribution in [3.63, 3.8) is 0 Å². The Kier molecular flexibility index (Phi) is 3.99. The highest BCUT2D eigenvalue weighted by atomic mass is 35.5. The average molecular weight is 356 g/mol. The predicted octanol–water partition coefficient (Wildman–Crippen LogP) is 3.25. The molecule has 0 unspecified atom stereocenters. The molecule has 2 aromatic rings. The Hall–Kier alpha value is -1.76. The lowest BCUT2D eigenvalue weighted by molar-refractivity contribution is 0.591. The smallest absolute Gasteiger partial charge is 0.266 e. The zero-order chi connectivity index (χ0) is 15.7. The number of halogens is 2. The molecule has 0 saturated heterocycles. The number of sulfonamides is 1. The summed E-state index contributed by atoms with van der Waals surface area (Å²) in [7, 11) is -3.64. The molecule has 0 aliphatic carbocycles. The first kappa shape index (κ1) is 15.1. The van der Waals surface area contributed by atoms with Gasteiger partial charge in [-0.3, -0.25) is 0 Å². The van der Waals surface area contributed by atoms with Gasteiger partial charge in [0.2, 0.25) is 5.96 Å². The zero-order valence-corrected chi connectivity index (χ0v) is 13.5. The number of nitrogens with one attached hydrogen (secondary N) is 2. The van der Waals surface area contributed by atoms with Crippen LogP contribution in [-0.2, 0) is 16.6 Å². The van der Waals surface area contributed by atoms with Crippen molar-refractivity contribution in [2.45, 2.75) is 11.4 Å². The van der Waals surface area contributed by atoms with Crippen molar-refractivity contribution in [1.29, 1.82) is 0 Å². The van der Waals surface area contributed by atoms with Crippen LogP contribution < -0.4 is 10.0 Å². The number of aliphatic imine (C=N–C) groups is 1. The number of rotatable bonds is 2. The van der Waals surface area contributed by atoms with E-state index in [9.17, 15) is 8.42 Å². The second-order valence-corrected chi connectivity index (χ2v) is 7.19. The number of anilines is 1. The van der Waals surface area contributed by atoms with Crippen molar-refractivity contribution < 1.29 is 8.42 Å². The molecule has 0 amide bonds. The molecule has 8 heteroatoms. The Balaban J connectivity index is 1.88. The quantitative estimate of drug-likeness (QED) is 0.868. The summed E-state index contributed by atoms with van der Waals surface area (Å²) < 4.78 is 26.7. The Morgan fingerprint density at radius 2 is 1.68 bits per heavy atom. The lowest BCUT2D eigenvalue weighted by Crippen LogP contribution is -2.40. The van der Waals surface area contributed by atoms with E-state index in [4.69, 9.17) is 23.2 Å².